The molecule has 0 spiro atoms. The molecule has 0 atom stereocenters. The minimum Gasteiger partial charge on any atom is -0.457 e. The summed E-state index contributed by atoms with van der Waals surface area (Å²) in [7, 11) is -3.58. The number of esters is 1. The van der Waals surface area contributed by atoms with E-state index in [9.17, 15) is 13.2 Å². The summed E-state index contributed by atoms with van der Waals surface area (Å²) in [6.45, 7) is 4.61. The minimum absolute atomic E-state index is 0.0750. The normalized spacial score (nSPS) is 15.8. The number of hydrogen-bond donors (Lipinski definition) is 0. The summed E-state index contributed by atoms with van der Waals surface area (Å²) >= 11 is 1.48. The average molecular weight is 476 g/mol. The lowest BCUT2D eigenvalue weighted by Crippen LogP contribution is -2.40. The third-order valence-corrected chi connectivity index (χ3v) is 8.29. The Hall–Kier alpha value is -2.56. The van der Waals surface area contributed by atoms with Crippen molar-refractivity contribution >= 4 is 27.3 Å². The van der Waals surface area contributed by atoms with Gasteiger partial charge in [0.15, 0.2) is 6.61 Å². The van der Waals surface area contributed by atoms with Gasteiger partial charge in [0.1, 0.15) is 0 Å². The van der Waals surface area contributed by atoms with Gasteiger partial charge >= 0.3 is 5.97 Å². The van der Waals surface area contributed by atoms with Crippen LogP contribution in [0.5, 0.6) is 0 Å². The molecule has 3 aromatic rings. The molecule has 4 rings (SSSR count). The number of piperidine rings is 1. The molecule has 0 aliphatic carbocycles. The Labute approximate surface area is 191 Å². The smallest absolute Gasteiger partial charge is 0.309 e. The van der Waals surface area contributed by atoms with Gasteiger partial charge in [-0.3, -0.25) is 4.79 Å². The fourth-order valence-electron chi connectivity index (χ4n) is 3.57. The minimum atomic E-state index is -3.58. The van der Waals surface area contributed by atoms with E-state index in [2.05, 4.69) is 24.0 Å². The molecule has 1 aliphatic heterocycles. The maximum Gasteiger partial charge on any atom is 0.309 e. The third kappa shape index (κ3) is 4.92. The monoisotopic (exact) mass is 475 g/mol. The van der Waals surface area contributed by atoms with Crippen LogP contribution < -0.4 is 0 Å². The highest BCUT2D eigenvalue weighted by Crippen LogP contribution is 2.26. The molecule has 1 aliphatic rings. The quantitative estimate of drug-likeness (QED) is 0.475. The first kappa shape index (κ1) is 22.6. The van der Waals surface area contributed by atoms with Crippen molar-refractivity contribution in [2.24, 2.45) is 5.92 Å². The van der Waals surface area contributed by atoms with Crippen molar-refractivity contribution in [3.05, 3.63) is 53.2 Å². The second-order valence-corrected chi connectivity index (χ2v) is 10.9. The third-order valence-electron chi connectivity index (χ3n) is 5.52. The van der Waals surface area contributed by atoms with Crippen molar-refractivity contribution in [1.82, 2.24) is 14.4 Å². The summed E-state index contributed by atoms with van der Waals surface area (Å²) in [6, 6.07) is 10.8. The highest BCUT2D eigenvalue weighted by molar-refractivity contribution is 7.89. The Morgan fingerprint density at radius 2 is 1.94 bits per heavy atom. The first-order valence-corrected chi connectivity index (χ1v) is 12.8. The lowest BCUT2D eigenvalue weighted by molar-refractivity contribution is -0.151. The van der Waals surface area contributed by atoms with E-state index >= 15 is 0 Å². The van der Waals surface area contributed by atoms with Crippen molar-refractivity contribution in [1.29, 1.82) is 0 Å². The highest BCUT2D eigenvalue weighted by Gasteiger charge is 2.33. The zero-order valence-corrected chi connectivity index (χ0v) is 19.6. The molecule has 0 bridgehead atoms. The molecule has 170 valence electrons. The van der Waals surface area contributed by atoms with E-state index in [0.717, 1.165) is 10.4 Å². The first-order chi connectivity index (χ1) is 15.3. The summed E-state index contributed by atoms with van der Waals surface area (Å²) in [6.07, 6.45) is 0.823. The first-order valence-electron chi connectivity index (χ1n) is 10.5. The van der Waals surface area contributed by atoms with Gasteiger partial charge in [-0.1, -0.05) is 37.2 Å². The van der Waals surface area contributed by atoms with Crippen molar-refractivity contribution in [2.45, 2.75) is 44.1 Å². The average Bonchev–Trinajstić information content (AvgIpc) is 3.49. The Morgan fingerprint density at radius 3 is 2.56 bits per heavy atom. The van der Waals surface area contributed by atoms with E-state index in [0.29, 0.717) is 30.5 Å². The molecule has 0 radical (unpaired) electrons. The molecular formula is C22H25N3O5S2. The highest BCUT2D eigenvalue weighted by atomic mass is 32.2. The molecule has 1 saturated heterocycles. The topological polar surface area (TPSA) is 103 Å². The van der Waals surface area contributed by atoms with E-state index < -0.39 is 10.0 Å². The largest absolute Gasteiger partial charge is 0.457 e. The molecule has 2 aromatic heterocycles. The van der Waals surface area contributed by atoms with Crippen molar-refractivity contribution < 1.29 is 22.5 Å². The number of ether oxygens (including phenoxy) is 1. The lowest BCUT2D eigenvalue weighted by Gasteiger charge is -2.30. The number of nitrogens with zero attached hydrogens (tertiary/aromatic N) is 3. The molecular weight excluding hydrogens is 450 g/mol. The molecule has 1 fully saturated rings. The van der Waals surface area contributed by atoms with E-state index in [-0.39, 0.29) is 36.5 Å². The van der Waals surface area contributed by atoms with Crippen molar-refractivity contribution in [3.8, 4) is 10.8 Å². The predicted octanol–water partition coefficient (Wildman–Crippen LogP) is 4.07. The van der Waals surface area contributed by atoms with E-state index in [4.69, 9.17) is 9.26 Å². The van der Waals surface area contributed by atoms with Gasteiger partial charge in [0, 0.05) is 13.1 Å². The number of aromatic nitrogens is 2. The Balaban J connectivity index is 1.29. The summed E-state index contributed by atoms with van der Waals surface area (Å²) in [4.78, 5) is 17.8. The van der Waals surface area contributed by atoms with E-state index in [1.165, 1.54) is 15.6 Å². The van der Waals surface area contributed by atoms with Gasteiger partial charge in [0.05, 0.1) is 15.7 Å². The van der Waals surface area contributed by atoms with Gasteiger partial charge in [0.25, 0.3) is 5.89 Å². The lowest BCUT2D eigenvalue weighted by atomic mass is 9.98. The van der Waals surface area contributed by atoms with Crippen LogP contribution in [0.1, 0.15) is 44.0 Å². The summed E-state index contributed by atoms with van der Waals surface area (Å²) in [5.74, 6) is 0.306. The number of sulfonamides is 1. The van der Waals surface area contributed by atoms with E-state index in [1.54, 1.807) is 12.1 Å². The van der Waals surface area contributed by atoms with Crippen LogP contribution in [-0.4, -0.2) is 41.9 Å². The summed E-state index contributed by atoms with van der Waals surface area (Å²) in [5, 5.41) is 5.75. The molecule has 32 heavy (non-hydrogen) atoms. The van der Waals surface area contributed by atoms with Gasteiger partial charge in [-0.2, -0.15) is 9.29 Å². The van der Waals surface area contributed by atoms with Gasteiger partial charge < -0.3 is 9.26 Å². The van der Waals surface area contributed by atoms with Gasteiger partial charge in [0.2, 0.25) is 15.8 Å². The van der Waals surface area contributed by atoms with Crippen molar-refractivity contribution in [2.75, 3.05) is 13.1 Å². The summed E-state index contributed by atoms with van der Waals surface area (Å²) < 4.78 is 37.9. The summed E-state index contributed by atoms with van der Waals surface area (Å²) in [5.41, 5.74) is 1.09. The molecule has 10 heteroatoms. The molecule has 0 N–H and O–H groups in total. The number of benzene rings is 1. The molecule has 0 saturated carbocycles. The van der Waals surface area contributed by atoms with Crippen LogP contribution in [0, 0.1) is 5.92 Å². The van der Waals surface area contributed by atoms with Crippen LogP contribution in [0.2, 0.25) is 0 Å². The number of thiophene rings is 1. The van der Waals surface area contributed by atoms with Crippen LogP contribution in [-0.2, 0) is 26.2 Å². The Bertz CT molecular complexity index is 1150. The van der Waals surface area contributed by atoms with Gasteiger partial charge in [-0.05, 0) is 47.9 Å². The second-order valence-electron chi connectivity index (χ2n) is 8.00. The van der Waals surface area contributed by atoms with Crippen LogP contribution in [0.3, 0.4) is 0 Å². The van der Waals surface area contributed by atoms with E-state index in [1.807, 2.05) is 29.6 Å². The van der Waals surface area contributed by atoms with Crippen LogP contribution >= 0.6 is 11.3 Å². The predicted molar refractivity (Wildman–Crippen MR) is 119 cm³/mol. The van der Waals surface area contributed by atoms with Crippen LogP contribution in [0.25, 0.3) is 10.8 Å². The zero-order chi connectivity index (χ0) is 22.7. The zero-order valence-electron chi connectivity index (χ0n) is 17.9. The maximum absolute atomic E-state index is 12.9. The second kappa shape index (κ2) is 9.51. The number of hydrogen-bond acceptors (Lipinski definition) is 8. The molecule has 1 aromatic carbocycles. The number of carbonyl (C=O) groups is 1. The molecule has 8 nitrogen and oxygen atoms in total. The Morgan fingerprint density at radius 1 is 1.22 bits per heavy atom. The SMILES string of the molecule is CC(C)c1ccc(S(=O)(=O)N2CCC(C(=O)OCc3noc(-c4cccs4)n3)CC2)cc1. The molecule has 0 amide bonds. The number of carbonyl (C=O) groups excluding carboxylic acids is 1. The molecule has 0 unspecified atom stereocenters. The van der Waals surface area contributed by atoms with Crippen LogP contribution in [0.15, 0.2) is 51.2 Å². The fourth-order valence-corrected chi connectivity index (χ4v) is 5.69. The fraction of sp³-hybridized carbons (Fsp3) is 0.409. The Kier molecular flexibility index (Phi) is 6.73. The maximum atomic E-state index is 12.9. The standard InChI is InChI=1S/C22H25N3O5S2/c1-15(2)16-5-7-18(8-6-16)32(27,28)25-11-9-17(10-12-25)22(26)29-14-20-23-21(30-24-20)19-4-3-13-31-19/h3-8,13,15,17H,9-12,14H2,1-2H3. The van der Waals surface area contributed by atoms with Gasteiger partial charge in [-0.15, -0.1) is 11.3 Å². The molecule has 3 heterocycles. The van der Waals surface area contributed by atoms with Gasteiger partial charge in [-0.25, -0.2) is 8.42 Å². The van der Waals surface area contributed by atoms with Crippen molar-refractivity contribution in [3.63, 3.8) is 0 Å². The number of rotatable bonds is 7. The van der Waals surface area contributed by atoms with Crippen LogP contribution in [0.4, 0.5) is 0 Å².